The van der Waals surface area contributed by atoms with Crippen LogP contribution in [0.2, 0.25) is 0 Å². The summed E-state index contributed by atoms with van der Waals surface area (Å²) >= 11 is 0. The van der Waals surface area contributed by atoms with Crippen LogP contribution in [0.15, 0.2) is 42.0 Å². The van der Waals surface area contributed by atoms with Crippen LogP contribution < -0.4 is 0 Å². The van der Waals surface area contributed by atoms with Gasteiger partial charge in [-0.1, -0.05) is 50.3 Å². The van der Waals surface area contributed by atoms with E-state index in [9.17, 15) is 14.4 Å². The molecule has 0 N–H and O–H groups in total. The maximum atomic E-state index is 12.8. The van der Waals surface area contributed by atoms with Crippen molar-refractivity contribution in [3.05, 3.63) is 47.5 Å². The number of ether oxygens (including phenoxy) is 2. The maximum Gasteiger partial charge on any atom is 0.418 e. The Morgan fingerprint density at radius 1 is 1.21 bits per heavy atom. The molecule has 28 heavy (non-hydrogen) atoms. The minimum atomic E-state index is -1.01. The summed E-state index contributed by atoms with van der Waals surface area (Å²) < 4.78 is 10.7. The molecule has 1 aliphatic heterocycles. The molecular weight excluding hydrogens is 358 g/mol. The van der Waals surface area contributed by atoms with Crippen LogP contribution in [-0.4, -0.2) is 34.5 Å². The number of imide groups is 1. The summed E-state index contributed by atoms with van der Waals surface area (Å²) in [5.74, 6) is -0.744. The zero-order valence-electron chi connectivity index (χ0n) is 17.2. The molecule has 1 aromatic rings. The van der Waals surface area contributed by atoms with Crippen molar-refractivity contribution in [2.45, 2.75) is 65.7 Å². The van der Waals surface area contributed by atoms with E-state index in [1.807, 2.05) is 44.2 Å². The normalized spacial score (nSPS) is 18.6. The second-order valence-electron chi connectivity index (χ2n) is 8.33. The van der Waals surface area contributed by atoms with Crippen molar-refractivity contribution in [2.24, 2.45) is 5.92 Å². The van der Waals surface area contributed by atoms with Gasteiger partial charge in [-0.05, 0) is 38.7 Å². The van der Waals surface area contributed by atoms with Gasteiger partial charge >= 0.3 is 12.1 Å². The van der Waals surface area contributed by atoms with Crippen molar-refractivity contribution in [1.29, 1.82) is 0 Å². The number of hydrogen-bond donors (Lipinski definition) is 0. The summed E-state index contributed by atoms with van der Waals surface area (Å²) in [6.07, 6.45) is 1.80. The van der Waals surface area contributed by atoms with Gasteiger partial charge in [0.05, 0.1) is 0 Å². The van der Waals surface area contributed by atoms with E-state index >= 15 is 0 Å². The average Bonchev–Trinajstić information content (AvgIpc) is 2.94. The first-order chi connectivity index (χ1) is 13.1. The fraction of sp³-hybridized carbons (Fsp3) is 0.500. The quantitative estimate of drug-likeness (QED) is 0.558. The molecule has 0 aromatic heterocycles. The van der Waals surface area contributed by atoms with E-state index in [1.54, 1.807) is 26.8 Å². The van der Waals surface area contributed by atoms with Crippen LogP contribution >= 0.6 is 0 Å². The van der Waals surface area contributed by atoms with Gasteiger partial charge in [0.2, 0.25) is 0 Å². The lowest BCUT2D eigenvalue weighted by Gasteiger charge is -2.26. The van der Waals surface area contributed by atoms with E-state index in [2.05, 4.69) is 0 Å². The van der Waals surface area contributed by atoms with E-state index in [0.717, 1.165) is 10.5 Å². The van der Waals surface area contributed by atoms with Gasteiger partial charge in [-0.15, -0.1) is 0 Å². The smallest absolute Gasteiger partial charge is 0.418 e. The highest BCUT2D eigenvalue weighted by Gasteiger charge is 2.46. The third kappa shape index (κ3) is 5.94. The highest BCUT2D eigenvalue weighted by atomic mass is 16.6. The second kappa shape index (κ2) is 9.04. The molecular formula is C22H29NO5. The summed E-state index contributed by atoms with van der Waals surface area (Å²) in [4.78, 5) is 38.9. The molecule has 0 bridgehead atoms. The molecule has 1 aromatic carbocycles. The first-order valence-electron chi connectivity index (χ1n) is 9.54. The molecule has 0 saturated carbocycles. The third-order valence-corrected chi connectivity index (χ3v) is 4.14. The van der Waals surface area contributed by atoms with E-state index in [4.69, 9.17) is 9.47 Å². The minimum Gasteiger partial charge on any atom is -0.459 e. The third-order valence-electron chi connectivity index (χ3n) is 4.14. The number of rotatable bonds is 5. The number of nitrogens with zero attached hydrogens (tertiary/aromatic N) is 1. The van der Waals surface area contributed by atoms with Gasteiger partial charge in [0.1, 0.15) is 18.2 Å². The van der Waals surface area contributed by atoms with Crippen LogP contribution in [0.3, 0.4) is 0 Å². The fourth-order valence-electron chi connectivity index (χ4n) is 2.77. The second-order valence-corrected chi connectivity index (χ2v) is 8.33. The molecule has 2 rings (SSSR count). The van der Waals surface area contributed by atoms with Gasteiger partial charge in [0.15, 0.2) is 0 Å². The standard InChI is InChI=1S/C22H29NO5/c1-15(2)11-12-17-13-18(20(25)27-14-16-9-7-6-8-10-16)23(19(17)24)21(26)28-22(3,4)5/h6-10,12,15,18H,11,13-14H2,1-5H3/t18-/m0/s1. The van der Waals surface area contributed by atoms with Crippen molar-refractivity contribution >= 4 is 18.0 Å². The average molecular weight is 387 g/mol. The molecule has 6 nitrogen and oxygen atoms in total. The molecule has 0 spiro atoms. The van der Waals surface area contributed by atoms with Crippen LogP contribution in [0.25, 0.3) is 0 Å². The Hall–Kier alpha value is -2.63. The summed E-state index contributed by atoms with van der Waals surface area (Å²) in [6, 6.07) is 8.24. The van der Waals surface area contributed by atoms with Crippen LogP contribution in [0.1, 0.15) is 53.0 Å². The number of benzene rings is 1. The predicted octanol–water partition coefficient (Wildman–Crippen LogP) is 4.24. The van der Waals surface area contributed by atoms with Crippen LogP contribution in [0.5, 0.6) is 0 Å². The summed E-state index contributed by atoms with van der Waals surface area (Å²) in [5.41, 5.74) is 0.501. The highest BCUT2D eigenvalue weighted by Crippen LogP contribution is 2.28. The van der Waals surface area contributed by atoms with Gasteiger partial charge in [-0.25, -0.2) is 14.5 Å². The molecule has 0 aliphatic carbocycles. The Balaban J connectivity index is 2.18. The van der Waals surface area contributed by atoms with Crippen molar-refractivity contribution < 1.29 is 23.9 Å². The van der Waals surface area contributed by atoms with Crippen molar-refractivity contribution in [3.63, 3.8) is 0 Å². The summed E-state index contributed by atoms with van der Waals surface area (Å²) in [5, 5.41) is 0. The molecule has 2 amide bonds. The number of allylic oxidation sites excluding steroid dienone is 1. The number of esters is 1. The van der Waals surface area contributed by atoms with Gasteiger partial charge in [-0.3, -0.25) is 4.79 Å². The molecule has 6 heteroatoms. The zero-order valence-corrected chi connectivity index (χ0v) is 17.2. The van der Waals surface area contributed by atoms with Crippen LogP contribution in [0.4, 0.5) is 4.79 Å². The molecule has 1 aliphatic rings. The van der Waals surface area contributed by atoms with Gasteiger partial charge in [0, 0.05) is 12.0 Å². The summed E-state index contributed by atoms with van der Waals surface area (Å²) in [6.45, 7) is 9.29. The molecule has 1 fully saturated rings. The number of hydrogen-bond acceptors (Lipinski definition) is 5. The maximum absolute atomic E-state index is 12.8. The monoisotopic (exact) mass is 387 g/mol. The Morgan fingerprint density at radius 2 is 1.86 bits per heavy atom. The molecule has 1 heterocycles. The van der Waals surface area contributed by atoms with E-state index in [-0.39, 0.29) is 13.0 Å². The van der Waals surface area contributed by atoms with Gasteiger partial charge in [0.25, 0.3) is 5.91 Å². The molecule has 1 saturated heterocycles. The Bertz CT molecular complexity index is 746. The number of carbonyl (C=O) groups excluding carboxylic acids is 3. The Labute approximate surface area is 166 Å². The zero-order chi connectivity index (χ0) is 20.9. The Kier molecular flexibility index (Phi) is 7.00. The first kappa shape index (κ1) is 21.7. The van der Waals surface area contributed by atoms with Crippen LogP contribution in [0, 0.1) is 5.92 Å². The number of likely N-dealkylation sites (tertiary alicyclic amines) is 1. The van der Waals surface area contributed by atoms with E-state index in [0.29, 0.717) is 17.9 Å². The number of amides is 2. The minimum absolute atomic E-state index is 0.0809. The largest absolute Gasteiger partial charge is 0.459 e. The fourth-order valence-corrected chi connectivity index (χ4v) is 2.77. The lowest BCUT2D eigenvalue weighted by atomic mass is 10.1. The topological polar surface area (TPSA) is 72.9 Å². The van der Waals surface area contributed by atoms with Gasteiger partial charge in [-0.2, -0.15) is 0 Å². The predicted molar refractivity (Wildman–Crippen MR) is 105 cm³/mol. The number of carbonyl (C=O) groups is 3. The highest BCUT2D eigenvalue weighted by molar-refractivity contribution is 6.08. The van der Waals surface area contributed by atoms with Gasteiger partial charge < -0.3 is 9.47 Å². The van der Waals surface area contributed by atoms with E-state index < -0.39 is 29.6 Å². The lowest BCUT2D eigenvalue weighted by molar-refractivity contribution is -0.152. The molecule has 1 atom stereocenters. The van der Waals surface area contributed by atoms with Crippen molar-refractivity contribution in [2.75, 3.05) is 0 Å². The van der Waals surface area contributed by atoms with Crippen LogP contribution in [-0.2, 0) is 25.7 Å². The molecule has 0 radical (unpaired) electrons. The first-order valence-corrected chi connectivity index (χ1v) is 9.54. The lowest BCUT2D eigenvalue weighted by Crippen LogP contribution is -2.46. The van der Waals surface area contributed by atoms with Crippen molar-refractivity contribution in [1.82, 2.24) is 4.90 Å². The Morgan fingerprint density at radius 3 is 2.43 bits per heavy atom. The van der Waals surface area contributed by atoms with E-state index in [1.165, 1.54) is 0 Å². The molecule has 152 valence electrons. The SMILES string of the molecule is CC(C)CC=C1C[C@@H](C(=O)OCc2ccccc2)N(C(=O)OC(C)(C)C)C1=O. The van der Waals surface area contributed by atoms with Crippen molar-refractivity contribution in [3.8, 4) is 0 Å². The molecule has 0 unspecified atom stereocenters. The summed E-state index contributed by atoms with van der Waals surface area (Å²) in [7, 11) is 0.